The van der Waals surface area contributed by atoms with Gasteiger partial charge in [0.1, 0.15) is 0 Å². The lowest BCUT2D eigenvalue weighted by Crippen LogP contribution is -2.51. The largest absolute Gasteiger partial charge is 0.342 e. The predicted molar refractivity (Wildman–Crippen MR) is 71.7 cm³/mol. The highest BCUT2D eigenvalue weighted by atomic mass is 16.2. The molecular formula is C14H28N2O. The molecule has 0 spiro atoms. The molecule has 1 fully saturated rings. The van der Waals surface area contributed by atoms with Gasteiger partial charge in [-0.3, -0.25) is 4.79 Å². The molecule has 1 saturated carbocycles. The average molecular weight is 240 g/mol. The molecule has 0 aliphatic heterocycles. The molecule has 3 nitrogen and oxygen atoms in total. The maximum absolute atomic E-state index is 12.7. The monoisotopic (exact) mass is 240 g/mol. The van der Waals surface area contributed by atoms with Crippen LogP contribution >= 0.6 is 0 Å². The molecule has 3 heteroatoms. The summed E-state index contributed by atoms with van der Waals surface area (Å²) in [7, 11) is 1.96. The molecule has 1 aliphatic rings. The Morgan fingerprint density at radius 1 is 1.29 bits per heavy atom. The van der Waals surface area contributed by atoms with Crippen LogP contribution in [0.25, 0.3) is 0 Å². The van der Waals surface area contributed by atoms with Crippen molar-refractivity contribution in [3.8, 4) is 0 Å². The Morgan fingerprint density at radius 2 is 1.82 bits per heavy atom. The minimum Gasteiger partial charge on any atom is -0.342 e. The van der Waals surface area contributed by atoms with E-state index in [-0.39, 0.29) is 11.3 Å². The topological polar surface area (TPSA) is 46.3 Å². The van der Waals surface area contributed by atoms with E-state index in [1.165, 1.54) is 19.3 Å². The molecule has 2 N–H and O–H groups in total. The number of carbonyl (C=O) groups is 1. The second-order valence-corrected chi connectivity index (χ2v) is 5.49. The van der Waals surface area contributed by atoms with E-state index in [1.54, 1.807) is 0 Å². The van der Waals surface area contributed by atoms with Gasteiger partial charge in [0.2, 0.25) is 5.91 Å². The number of nitrogens with two attached hydrogens (primary N) is 1. The minimum absolute atomic E-state index is 0.286. The van der Waals surface area contributed by atoms with Gasteiger partial charge in [-0.15, -0.1) is 0 Å². The van der Waals surface area contributed by atoms with Crippen LogP contribution < -0.4 is 5.73 Å². The quantitative estimate of drug-likeness (QED) is 0.743. The number of nitrogens with zero attached hydrogens (tertiary/aromatic N) is 1. The first-order valence-corrected chi connectivity index (χ1v) is 7.08. The van der Waals surface area contributed by atoms with Crippen molar-refractivity contribution in [3.05, 3.63) is 0 Å². The number of rotatable bonds is 7. The third-order valence-electron chi connectivity index (χ3n) is 4.24. The van der Waals surface area contributed by atoms with Crippen molar-refractivity contribution in [2.24, 2.45) is 11.1 Å². The van der Waals surface area contributed by atoms with Crippen LogP contribution in [0.4, 0.5) is 0 Å². The molecule has 0 radical (unpaired) electrons. The predicted octanol–water partition coefficient (Wildman–Crippen LogP) is 2.54. The molecule has 1 rings (SSSR count). The third-order valence-corrected chi connectivity index (χ3v) is 4.24. The van der Waals surface area contributed by atoms with Gasteiger partial charge < -0.3 is 10.6 Å². The Bertz CT molecular complexity index is 243. The van der Waals surface area contributed by atoms with Crippen LogP contribution in [0.2, 0.25) is 0 Å². The van der Waals surface area contributed by atoms with Crippen LogP contribution in [0.1, 0.15) is 58.8 Å². The SMILES string of the molecule is CCCC(CN)(CCC)C(=O)N(C)C1CCC1. The van der Waals surface area contributed by atoms with Crippen molar-refractivity contribution in [1.82, 2.24) is 4.90 Å². The van der Waals surface area contributed by atoms with Crippen LogP contribution in [0.15, 0.2) is 0 Å². The molecule has 0 atom stereocenters. The van der Waals surface area contributed by atoms with Crippen molar-refractivity contribution in [1.29, 1.82) is 0 Å². The van der Waals surface area contributed by atoms with Crippen LogP contribution in [-0.4, -0.2) is 30.4 Å². The average Bonchev–Trinajstić information content (AvgIpc) is 2.25. The van der Waals surface area contributed by atoms with E-state index in [2.05, 4.69) is 13.8 Å². The summed E-state index contributed by atoms with van der Waals surface area (Å²) in [5, 5.41) is 0. The van der Waals surface area contributed by atoms with E-state index in [0.29, 0.717) is 12.6 Å². The molecule has 0 aromatic carbocycles. The Labute approximate surface area is 106 Å². The Balaban J connectivity index is 2.75. The number of amides is 1. The van der Waals surface area contributed by atoms with Crippen molar-refractivity contribution in [2.75, 3.05) is 13.6 Å². The fourth-order valence-electron chi connectivity index (χ4n) is 2.90. The molecule has 17 heavy (non-hydrogen) atoms. The van der Waals surface area contributed by atoms with Crippen molar-refractivity contribution >= 4 is 5.91 Å². The smallest absolute Gasteiger partial charge is 0.230 e. The van der Waals surface area contributed by atoms with Crippen molar-refractivity contribution in [3.63, 3.8) is 0 Å². The summed E-state index contributed by atoms with van der Waals surface area (Å²) in [6.45, 7) is 4.76. The summed E-state index contributed by atoms with van der Waals surface area (Å²) < 4.78 is 0. The van der Waals surface area contributed by atoms with Gasteiger partial charge in [-0.25, -0.2) is 0 Å². The van der Waals surface area contributed by atoms with Crippen LogP contribution in [0.3, 0.4) is 0 Å². The third kappa shape index (κ3) is 3.01. The molecule has 0 heterocycles. The summed E-state index contributed by atoms with van der Waals surface area (Å²) in [5.74, 6) is 0.286. The number of carbonyl (C=O) groups excluding carboxylic acids is 1. The summed E-state index contributed by atoms with van der Waals surface area (Å²) in [5.41, 5.74) is 5.63. The zero-order chi connectivity index (χ0) is 12.9. The minimum atomic E-state index is -0.298. The van der Waals surface area contributed by atoms with E-state index in [9.17, 15) is 4.79 Å². The zero-order valence-corrected chi connectivity index (χ0v) is 11.7. The fourth-order valence-corrected chi connectivity index (χ4v) is 2.90. The normalized spacial score (nSPS) is 16.7. The Hall–Kier alpha value is -0.570. The Kier molecular flexibility index (Phi) is 5.44. The van der Waals surface area contributed by atoms with Gasteiger partial charge in [0.05, 0.1) is 5.41 Å². The van der Waals surface area contributed by atoms with Crippen molar-refractivity contribution in [2.45, 2.75) is 64.8 Å². The summed E-state index contributed by atoms with van der Waals surface area (Å²) in [4.78, 5) is 14.6. The molecule has 0 aromatic rings. The summed E-state index contributed by atoms with van der Waals surface area (Å²) in [6.07, 6.45) is 7.51. The Morgan fingerprint density at radius 3 is 2.12 bits per heavy atom. The highest BCUT2D eigenvalue weighted by Gasteiger charge is 2.40. The van der Waals surface area contributed by atoms with Gasteiger partial charge in [-0.2, -0.15) is 0 Å². The maximum Gasteiger partial charge on any atom is 0.230 e. The highest BCUT2D eigenvalue weighted by molar-refractivity contribution is 5.83. The van der Waals surface area contributed by atoms with Gasteiger partial charge in [0.15, 0.2) is 0 Å². The van der Waals surface area contributed by atoms with E-state index >= 15 is 0 Å². The molecule has 0 saturated heterocycles. The zero-order valence-electron chi connectivity index (χ0n) is 11.7. The fraction of sp³-hybridized carbons (Fsp3) is 0.929. The maximum atomic E-state index is 12.7. The molecule has 0 bridgehead atoms. The lowest BCUT2D eigenvalue weighted by molar-refractivity contribution is -0.145. The van der Waals surface area contributed by atoms with Crippen LogP contribution in [0.5, 0.6) is 0 Å². The molecular weight excluding hydrogens is 212 g/mol. The first-order valence-electron chi connectivity index (χ1n) is 7.08. The molecule has 0 aromatic heterocycles. The van der Waals surface area contributed by atoms with Gasteiger partial charge in [-0.1, -0.05) is 26.7 Å². The van der Waals surface area contributed by atoms with E-state index in [4.69, 9.17) is 5.73 Å². The number of hydrogen-bond acceptors (Lipinski definition) is 2. The first-order chi connectivity index (χ1) is 8.11. The van der Waals surface area contributed by atoms with Crippen LogP contribution in [-0.2, 0) is 4.79 Å². The lowest BCUT2D eigenvalue weighted by Gasteiger charge is -2.41. The van der Waals surface area contributed by atoms with Gasteiger partial charge in [-0.05, 0) is 32.1 Å². The van der Waals surface area contributed by atoms with Crippen molar-refractivity contribution < 1.29 is 4.79 Å². The number of hydrogen-bond donors (Lipinski definition) is 1. The van der Waals surface area contributed by atoms with E-state index in [0.717, 1.165) is 25.7 Å². The van der Waals surface area contributed by atoms with E-state index in [1.807, 2.05) is 11.9 Å². The standard InChI is InChI=1S/C14H28N2O/c1-4-9-14(11-15,10-5-2)13(17)16(3)12-7-6-8-12/h12H,4-11,15H2,1-3H3. The van der Waals surface area contributed by atoms with Gasteiger partial charge >= 0.3 is 0 Å². The molecule has 100 valence electrons. The lowest BCUT2D eigenvalue weighted by atomic mass is 9.77. The highest BCUT2D eigenvalue weighted by Crippen LogP contribution is 2.34. The first kappa shape index (κ1) is 14.5. The second-order valence-electron chi connectivity index (χ2n) is 5.49. The van der Waals surface area contributed by atoms with Gasteiger partial charge in [0.25, 0.3) is 0 Å². The molecule has 1 aliphatic carbocycles. The summed E-state index contributed by atoms with van der Waals surface area (Å²) >= 11 is 0. The van der Waals surface area contributed by atoms with Crippen LogP contribution in [0, 0.1) is 5.41 Å². The molecule has 1 amide bonds. The summed E-state index contributed by atoms with van der Waals surface area (Å²) in [6, 6.07) is 0.474. The second kappa shape index (κ2) is 6.39. The van der Waals surface area contributed by atoms with E-state index < -0.39 is 0 Å². The van der Waals surface area contributed by atoms with Gasteiger partial charge in [0, 0.05) is 19.6 Å². The molecule has 0 unspecified atom stereocenters.